The number of hydrogen-bond acceptors (Lipinski definition) is 4. The quantitative estimate of drug-likeness (QED) is 0.634. The van der Waals surface area contributed by atoms with Crippen LogP contribution in [0.3, 0.4) is 0 Å². The third-order valence-corrected chi connectivity index (χ3v) is 4.26. The molecule has 6 nitrogen and oxygen atoms in total. The first-order valence-electron chi connectivity index (χ1n) is 9.42. The normalized spacial score (nSPS) is 15.0. The topological polar surface area (TPSA) is 89.9 Å². The maximum Gasteiger partial charge on any atom is 0.328 e. The summed E-state index contributed by atoms with van der Waals surface area (Å²) in [6.45, 7) is 11.5. The Labute approximate surface area is 161 Å². The minimum absolute atomic E-state index is 0.558. The van der Waals surface area contributed by atoms with Crippen LogP contribution in [0.25, 0.3) is 0 Å². The predicted molar refractivity (Wildman–Crippen MR) is 107 cm³/mol. The summed E-state index contributed by atoms with van der Waals surface area (Å²) in [6.07, 6.45) is 3.70. The zero-order valence-corrected chi connectivity index (χ0v) is 16.5. The van der Waals surface area contributed by atoms with E-state index in [1.165, 1.54) is 43.6 Å². The number of nitrogens with zero attached hydrogens (tertiary/aromatic N) is 1. The standard InChI is InChI=1S/C17H28N2.C4H4O4/c1-14(2)12-19(17-7-9-18-10-8-17)13-16-6-4-5-15(3)11-16;5-3(6)1-2-4(7)8/h4-6,11,14,17-18H,7-10,12-13H2,1-3H3;1-2H,(H,5,6)(H,7,8)/b;2-1+. The number of benzene rings is 1. The van der Waals surface area contributed by atoms with Crippen molar-refractivity contribution in [1.82, 2.24) is 10.2 Å². The molecule has 1 saturated heterocycles. The molecule has 0 saturated carbocycles. The fourth-order valence-corrected chi connectivity index (χ4v) is 3.17. The molecule has 1 aromatic carbocycles. The highest BCUT2D eigenvalue weighted by atomic mass is 16.4. The summed E-state index contributed by atoms with van der Waals surface area (Å²) in [5, 5.41) is 19.1. The molecular formula is C21H32N2O4. The van der Waals surface area contributed by atoms with E-state index in [0.717, 1.165) is 18.5 Å². The molecule has 3 N–H and O–H groups in total. The van der Waals surface area contributed by atoms with Crippen LogP contribution in [-0.4, -0.2) is 52.7 Å². The number of aryl methyl sites for hydroxylation is 1. The van der Waals surface area contributed by atoms with Crippen molar-refractivity contribution in [2.75, 3.05) is 19.6 Å². The highest BCUT2D eigenvalue weighted by Gasteiger charge is 2.21. The molecule has 0 bridgehead atoms. The van der Waals surface area contributed by atoms with Gasteiger partial charge in [0.2, 0.25) is 0 Å². The van der Waals surface area contributed by atoms with Gasteiger partial charge in [0.15, 0.2) is 0 Å². The minimum atomic E-state index is -1.26. The van der Waals surface area contributed by atoms with Gasteiger partial charge in [-0.1, -0.05) is 43.7 Å². The van der Waals surface area contributed by atoms with Crippen LogP contribution in [0.1, 0.15) is 37.8 Å². The van der Waals surface area contributed by atoms with E-state index in [1.54, 1.807) is 0 Å². The average molecular weight is 376 g/mol. The van der Waals surface area contributed by atoms with Crippen LogP contribution >= 0.6 is 0 Å². The van der Waals surface area contributed by atoms with E-state index in [9.17, 15) is 9.59 Å². The summed E-state index contributed by atoms with van der Waals surface area (Å²) in [5.41, 5.74) is 2.83. The van der Waals surface area contributed by atoms with Gasteiger partial charge in [0.1, 0.15) is 0 Å². The fraction of sp³-hybridized carbons (Fsp3) is 0.524. The Hall–Kier alpha value is -2.18. The molecule has 1 aliphatic rings. The van der Waals surface area contributed by atoms with Crippen molar-refractivity contribution in [2.45, 2.75) is 46.2 Å². The van der Waals surface area contributed by atoms with E-state index in [-0.39, 0.29) is 0 Å². The Morgan fingerprint density at radius 1 is 1.19 bits per heavy atom. The van der Waals surface area contributed by atoms with E-state index in [2.05, 4.69) is 55.3 Å². The van der Waals surface area contributed by atoms with Crippen LogP contribution in [-0.2, 0) is 16.1 Å². The number of piperidine rings is 1. The molecule has 1 aromatic rings. The van der Waals surface area contributed by atoms with Crippen molar-refractivity contribution in [3.63, 3.8) is 0 Å². The number of carbonyl (C=O) groups is 2. The molecule has 6 heteroatoms. The lowest BCUT2D eigenvalue weighted by molar-refractivity contribution is -0.134. The van der Waals surface area contributed by atoms with Crippen molar-refractivity contribution in [2.24, 2.45) is 5.92 Å². The first-order valence-corrected chi connectivity index (χ1v) is 9.42. The molecule has 0 spiro atoms. The second-order valence-electron chi connectivity index (χ2n) is 7.30. The van der Waals surface area contributed by atoms with Gasteiger partial charge in [-0.05, 0) is 44.3 Å². The first-order chi connectivity index (χ1) is 12.8. The van der Waals surface area contributed by atoms with Crippen molar-refractivity contribution >= 4 is 11.9 Å². The van der Waals surface area contributed by atoms with Crippen LogP contribution < -0.4 is 5.32 Å². The van der Waals surface area contributed by atoms with Crippen LogP contribution in [0.15, 0.2) is 36.4 Å². The molecule has 1 fully saturated rings. The van der Waals surface area contributed by atoms with Gasteiger partial charge < -0.3 is 15.5 Å². The van der Waals surface area contributed by atoms with Gasteiger partial charge in [-0.15, -0.1) is 0 Å². The lowest BCUT2D eigenvalue weighted by atomic mass is 10.0. The monoisotopic (exact) mass is 376 g/mol. The zero-order chi connectivity index (χ0) is 20.2. The Morgan fingerprint density at radius 2 is 1.78 bits per heavy atom. The Kier molecular flexibility index (Phi) is 10.4. The zero-order valence-electron chi connectivity index (χ0n) is 16.5. The number of carboxylic acid groups (broad SMARTS) is 2. The number of hydrogen-bond donors (Lipinski definition) is 3. The van der Waals surface area contributed by atoms with E-state index in [0.29, 0.717) is 12.2 Å². The van der Waals surface area contributed by atoms with E-state index < -0.39 is 11.9 Å². The molecule has 1 heterocycles. The Bertz CT molecular complexity index is 606. The van der Waals surface area contributed by atoms with Crippen molar-refractivity contribution in [3.8, 4) is 0 Å². The van der Waals surface area contributed by atoms with E-state index in [1.807, 2.05) is 0 Å². The number of carboxylic acids is 2. The predicted octanol–water partition coefficient (Wildman–Crippen LogP) is 2.92. The van der Waals surface area contributed by atoms with Gasteiger partial charge in [-0.25, -0.2) is 9.59 Å². The summed E-state index contributed by atoms with van der Waals surface area (Å²) in [7, 11) is 0. The largest absolute Gasteiger partial charge is 0.478 e. The Morgan fingerprint density at radius 3 is 2.26 bits per heavy atom. The lowest BCUT2D eigenvalue weighted by Crippen LogP contribution is -2.44. The van der Waals surface area contributed by atoms with Gasteiger partial charge in [0, 0.05) is 31.3 Å². The van der Waals surface area contributed by atoms with Gasteiger partial charge in [-0.3, -0.25) is 4.90 Å². The van der Waals surface area contributed by atoms with Crippen molar-refractivity contribution in [1.29, 1.82) is 0 Å². The molecule has 0 aromatic heterocycles. The molecule has 2 rings (SSSR count). The van der Waals surface area contributed by atoms with Gasteiger partial charge in [0.05, 0.1) is 0 Å². The third-order valence-electron chi connectivity index (χ3n) is 4.26. The second kappa shape index (κ2) is 12.3. The van der Waals surface area contributed by atoms with Crippen molar-refractivity contribution < 1.29 is 19.8 Å². The van der Waals surface area contributed by atoms with E-state index >= 15 is 0 Å². The average Bonchev–Trinajstić information content (AvgIpc) is 2.60. The van der Waals surface area contributed by atoms with Crippen molar-refractivity contribution in [3.05, 3.63) is 47.5 Å². The summed E-state index contributed by atoms with van der Waals surface area (Å²) in [4.78, 5) is 21.8. The molecule has 0 unspecified atom stereocenters. The number of aliphatic carboxylic acids is 2. The first kappa shape index (κ1) is 22.9. The molecule has 0 aliphatic carbocycles. The third kappa shape index (κ3) is 10.5. The Balaban J connectivity index is 0.000000387. The molecule has 0 radical (unpaired) electrons. The lowest BCUT2D eigenvalue weighted by Gasteiger charge is -2.36. The maximum atomic E-state index is 9.55. The maximum absolute atomic E-state index is 9.55. The highest BCUT2D eigenvalue weighted by molar-refractivity contribution is 5.89. The molecule has 1 aliphatic heterocycles. The van der Waals surface area contributed by atoms with Crippen LogP contribution in [0, 0.1) is 12.8 Å². The summed E-state index contributed by atoms with van der Waals surface area (Å²) in [6, 6.07) is 9.71. The highest BCUT2D eigenvalue weighted by Crippen LogP contribution is 2.18. The van der Waals surface area contributed by atoms with Crippen LogP contribution in [0.2, 0.25) is 0 Å². The summed E-state index contributed by atoms with van der Waals surface area (Å²) < 4.78 is 0. The van der Waals surface area contributed by atoms with Gasteiger partial charge in [0.25, 0.3) is 0 Å². The van der Waals surface area contributed by atoms with Crippen LogP contribution in [0.5, 0.6) is 0 Å². The SMILES string of the molecule is Cc1cccc(CN(CC(C)C)C2CCNCC2)c1.O=C(O)/C=C/C(=O)O. The molecule has 150 valence electrons. The number of rotatable bonds is 7. The summed E-state index contributed by atoms with van der Waals surface area (Å²) in [5.74, 6) is -1.78. The minimum Gasteiger partial charge on any atom is -0.478 e. The van der Waals surface area contributed by atoms with Crippen LogP contribution in [0.4, 0.5) is 0 Å². The molecule has 27 heavy (non-hydrogen) atoms. The summed E-state index contributed by atoms with van der Waals surface area (Å²) >= 11 is 0. The van der Waals surface area contributed by atoms with E-state index in [4.69, 9.17) is 10.2 Å². The smallest absolute Gasteiger partial charge is 0.328 e. The molecule has 0 amide bonds. The molecule has 0 atom stereocenters. The second-order valence-corrected chi connectivity index (χ2v) is 7.30. The number of nitrogens with one attached hydrogen (secondary N) is 1. The fourth-order valence-electron chi connectivity index (χ4n) is 3.17. The van der Waals surface area contributed by atoms with Gasteiger partial charge >= 0.3 is 11.9 Å². The van der Waals surface area contributed by atoms with Gasteiger partial charge in [-0.2, -0.15) is 0 Å². The molecular weight excluding hydrogens is 344 g/mol.